The summed E-state index contributed by atoms with van der Waals surface area (Å²) in [5, 5.41) is 0.891. The quantitative estimate of drug-likeness (QED) is 0.688. The smallest absolute Gasteiger partial charge is 0.186 e. The van der Waals surface area contributed by atoms with Crippen molar-refractivity contribution in [3.05, 3.63) is 10.6 Å². The number of nitrogens with zero attached hydrogens (tertiary/aromatic N) is 2. The molecule has 0 saturated heterocycles. The van der Waals surface area contributed by atoms with E-state index in [1.165, 1.54) is 11.3 Å². The average molecular weight is 242 g/mol. The van der Waals surface area contributed by atoms with Crippen LogP contribution in [0.5, 0.6) is 0 Å². The minimum atomic E-state index is 0.395. The van der Waals surface area contributed by atoms with Crippen LogP contribution in [0.15, 0.2) is 0 Å². The molecule has 1 aromatic heterocycles. The van der Waals surface area contributed by atoms with Crippen molar-refractivity contribution in [1.82, 2.24) is 4.98 Å². The maximum absolute atomic E-state index is 10.8. The van der Waals surface area contributed by atoms with Crippen LogP contribution in [-0.4, -0.2) is 32.0 Å². The van der Waals surface area contributed by atoms with E-state index in [4.69, 9.17) is 4.74 Å². The number of methoxy groups -OCH3 is 1. The van der Waals surface area contributed by atoms with E-state index in [-0.39, 0.29) is 0 Å². The van der Waals surface area contributed by atoms with Crippen LogP contribution in [0.1, 0.15) is 35.1 Å². The van der Waals surface area contributed by atoms with Crippen LogP contribution >= 0.6 is 11.3 Å². The lowest BCUT2D eigenvalue weighted by Crippen LogP contribution is -2.17. The molecule has 4 nitrogen and oxygen atoms in total. The Morgan fingerprint density at radius 3 is 2.88 bits per heavy atom. The summed E-state index contributed by atoms with van der Waals surface area (Å²) in [5.41, 5.74) is 0.737. The summed E-state index contributed by atoms with van der Waals surface area (Å²) in [6, 6.07) is 0. The summed E-state index contributed by atoms with van der Waals surface area (Å²) < 4.78 is 5.01. The van der Waals surface area contributed by atoms with E-state index in [9.17, 15) is 4.79 Å². The highest BCUT2D eigenvalue weighted by atomic mass is 32.1. The van der Waals surface area contributed by atoms with Gasteiger partial charge in [-0.25, -0.2) is 4.98 Å². The fourth-order valence-electron chi connectivity index (χ4n) is 1.34. The van der Waals surface area contributed by atoms with E-state index in [1.807, 2.05) is 7.05 Å². The van der Waals surface area contributed by atoms with Crippen molar-refractivity contribution < 1.29 is 9.53 Å². The first-order chi connectivity index (χ1) is 7.72. The van der Waals surface area contributed by atoms with Gasteiger partial charge in [0.2, 0.25) is 0 Å². The molecule has 0 saturated carbocycles. The molecule has 0 atom stereocenters. The normalized spacial score (nSPS) is 10.4. The summed E-state index contributed by atoms with van der Waals surface area (Å²) in [4.78, 5) is 18.0. The van der Waals surface area contributed by atoms with Gasteiger partial charge in [-0.3, -0.25) is 4.79 Å². The third-order valence-corrected chi connectivity index (χ3v) is 3.42. The molecule has 0 aliphatic heterocycles. The number of carbonyl (C=O) groups excluding carboxylic acids is 1. The molecule has 1 aromatic rings. The Labute approximate surface area is 100 Å². The average Bonchev–Trinajstić information content (AvgIpc) is 2.69. The maximum atomic E-state index is 10.8. The van der Waals surface area contributed by atoms with Gasteiger partial charge in [0.25, 0.3) is 0 Å². The summed E-state index contributed by atoms with van der Waals surface area (Å²) in [7, 11) is 3.61. The van der Waals surface area contributed by atoms with Gasteiger partial charge in [0, 0.05) is 20.7 Å². The van der Waals surface area contributed by atoms with Crippen molar-refractivity contribution in [2.45, 2.75) is 26.4 Å². The van der Waals surface area contributed by atoms with Crippen molar-refractivity contribution in [2.24, 2.45) is 0 Å². The number of unbranched alkanes of at least 4 members (excludes halogenated alkanes) is 1. The van der Waals surface area contributed by atoms with Crippen LogP contribution < -0.4 is 4.90 Å². The maximum Gasteiger partial charge on any atom is 0.186 e. The van der Waals surface area contributed by atoms with Crippen molar-refractivity contribution >= 4 is 22.8 Å². The van der Waals surface area contributed by atoms with E-state index in [0.29, 0.717) is 11.5 Å². The minimum Gasteiger partial charge on any atom is -0.378 e. The number of anilines is 1. The molecular weight excluding hydrogens is 224 g/mol. The molecule has 1 heterocycles. The molecule has 0 radical (unpaired) electrons. The topological polar surface area (TPSA) is 42.4 Å². The number of carbonyl (C=O) groups is 1. The number of thiazole rings is 1. The first kappa shape index (κ1) is 13.1. The van der Waals surface area contributed by atoms with Gasteiger partial charge in [-0.05, 0) is 6.42 Å². The standard InChI is InChI=1S/C11H18N2O2S/c1-4-5-6-13(2)11-12-9(8-15-3)10(7-14)16-11/h7H,4-6,8H2,1-3H3. The van der Waals surface area contributed by atoms with Gasteiger partial charge in [0.1, 0.15) is 0 Å². The first-order valence-corrected chi connectivity index (χ1v) is 6.19. The molecule has 0 spiro atoms. The Morgan fingerprint density at radius 1 is 1.56 bits per heavy atom. The third-order valence-electron chi connectivity index (χ3n) is 2.28. The predicted octanol–water partition coefficient (Wildman–Crippen LogP) is 2.34. The molecule has 0 amide bonds. The molecule has 0 unspecified atom stereocenters. The number of rotatable bonds is 7. The Hall–Kier alpha value is -0.940. The highest BCUT2D eigenvalue weighted by molar-refractivity contribution is 7.17. The molecular formula is C11H18N2O2S. The highest BCUT2D eigenvalue weighted by Gasteiger charge is 2.12. The lowest BCUT2D eigenvalue weighted by molar-refractivity contribution is 0.112. The second-order valence-corrected chi connectivity index (χ2v) is 4.64. The van der Waals surface area contributed by atoms with Gasteiger partial charge in [0.15, 0.2) is 11.4 Å². The molecule has 1 rings (SSSR count). The molecule has 0 N–H and O–H groups in total. The van der Waals surface area contributed by atoms with Crippen LogP contribution in [0.4, 0.5) is 5.13 Å². The first-order valence-electron chi connectivity index (χ1n) is 5.37. The Kier molecular flexibility index (Phi) is 5.42. The molecule has 90 valence electrons. The van der Waals surface area contributed by atoms with Gasteiger partial charge in [0.05, 0.1) is 17.2 Å². The molecule has 0 bridgehead atoms. The largest absolute Gasteiger partial charge is 0.378 e. The number of aldehydes is 1. The Morgan fingerprint density at radius 2 is 2.31 bits per heavy atom. The lowest BCUT2D eigenvalue weighted by atomic mass is 10.3. The number of hydrogen-bond donors (Lipinski definition) is 0. The zero-order valence-electron chi connectivity index (χ0n) is 10.0. The van der Waals surface area contributed by atoms with E-state index < -0.39 is 0 Å². The van der Waals surface area contributed by atoms with E-state index in [2.05, 4.69) is 16.8 Å². The fraction of sp³-hybridized carbons (Fsp3) is 0.636. The zero-order chi connectivity index (χ0) is 12.0. The number of hydrogen-bond acceptors (Lipinski definition) is 5. The van der Waals surface area contributed by atoms with Crippen LogP contribution in [0.3, 0.4) is 0 Å². The van der Waals surface area contributed by atoms with Crippen molar-refractivity contribution in [2.75, 3.05) is 25.6 Å². The molecule has 16 heavy (non-hydrogen) atoms. The van der Waals surface area contributed by atoms with Gasteiger partial charge in [-0.15, -0.1) is 0 Å². The van der Waals surface area contributed by atoms with Crippen LogP contribution in [0.25, 0.3) is 0 Å². The van der Waals surface area contributed by atoms with Crippen LogP contribution in [0, 0.1) is 0 Å². The Balaban J connectivity index is 2.76. The summed E-state index contributed by atoms with van der Waals surface area (Å²) in [5.74, 6) is 0. The number of aromatic nitrogens is 1. The minimum absolute atomic E-state index is 0.395. The fourth-order valence-corrected chi connectivity index (χ4v) is 2.21. The summed E-state index contributed by atoms with van der Waals surface area (Å²) in [6.07, 6.45) is 3.14. The van der Waals surface area contributed by atoms with Gasteiger partial charge < -0.3 is 9.64 Å². The number of ether oxygens (including phenoxy) is 1. The lowest BCUT2D eigenvalue weighted by Gasteiger charge is -2.14. The molecule has 0 aromatic carbocycles. The van der Waals surface area contributed by atoms with Crippen molar-refractivity contribution in [1.29, 1.82) is 0 Å². The van der Waals surface area contributed by atoms with Crippen molar-refractivity contribution in [3.63, 3.8) is 0 Å². The van der Waals surface area contributed by atoms with Crippen LogP contribution in [-0.2, 0) is 11.3 Å². The van der Waals surface area contributed by atoms with Gasteiger partial charge in [-0.2, -0.15) is 0 Å². The molecule has 5 heteroatoms. The van der Waals surface area contributed by atoms with E-state index >= 15 is 0 Å². The Bertz CT molecular complexity index is 339. The van der Waals surface area contributed by atoms with Crippen molar-refractivity contribution in [3.8, 4) is 0 Å². The van der Waals surface area contributed by atoms with E-state index in [0.717, 1.165) is 36.5 Å². The third kappa shape index (κ3) is 3.28. The highest BCUT2D eigenvalue weighted by Crippen LogP contribution is 2.25. The van der Waals surface area contributed by atoms with E-state index in [1.54, 1.807) is 7.11 Å². The second-order valence-electron chi connectivity index (χ2n) is 3.63. The van der Waals surface area contributed by atoms with Crippen LogP contribution in [0.2, 0.25) is 0 Å². The zero-order valence-corrected chi connectivity index (χ0v) is 10.8. The molecule has 0 aliphatic carbocycles. The monoisotopic (exact) mass is 242 g/mol. The van der Waals surface area contributed by atoms with Gasteiger partial charge in [-0.1, -0.05) is 24.7 Å². The van der Waals surface area contributed by atoms with Gasteiger partial charge >= 0.3 is 0 Å². The molecule has 0 aliphatic rings. The predicted molar refractivity (Wildman–Crippen MR) is 66.4 cm³/mol. The molecule has 0 fully saturated rings. The summed E-state index contributed by atoms with van der Waals surface area (Å²) in [6.45, 7) is 3.52. The second kappa shape index (κ2) is 6.60. The SMILES string of the molecule is CCCCN(C)c1nc(COC)c(C=O)s1. The summed E-state index contributed by atoms with van der Waals surface area (Å²) >= 11 is 1.42.